The van der Waals surface area contributed by atoms with E-state index in [1.807, 2.05) is 25.7 Å². The van der Waals surface area contributed by atoms with E-state index in [-0.39, 0.29) is 27.6 Å². The number of pyridine rings is 1. The molecule has 196 valence electrons. The minimum atomic E-state index is -3.82. The molecule has 0 aliphatic carbocycles. The topological polar surface area (TPSA) is 132 Å². The van der Waals surface area contributed by atoms with Gasteiger partial charge in [0.2, 0.25) is 5.91 Å². The molecule has 0 bridgehead atoms. The molecule has 1 amide bonds. The van der Waals surface area contributed by atoms with E-state index in [4.69, 9.17) is 0 Å². The number of fused-ring (bicyclic) bond motifs is 1. The predicted molar refractivity (Wildman–Crippen MR) is 143 cm³/mol. The quantitative estimate of drug-likeness (QED) is 0.429. The molecule has 0 atom stereocenters. The van der Waals surface area contributed by atoms with Crippen LogP contribution in [0.25, 0.3) is 10.9 Å². The van der Waals surface area contributed by atoms with Crippen molar-refractivity contribution in [2.75, 3.05) is 42.3 Å². The molecule has 1 fully saturated rings. The molecule has 2 aromatic carbocycles. The van der Waals surface area contributed by atoms with Crippen LogP contribution in [0.1, 0.15) is 31.1 Å². The number of sulfonamides is 1. The van der Waals surface area contributed by atoms with E-state index in [0.717, 1.165) is 0 Å². The van der Waals surface area contributed by atoms with Gasteiger partial charge in [-0.25, -0.2) is 18.2 Å². The summed E-state index contributed by atoms with van der Waals surface area (Å²) in [6, 6.07) is 14.1. The highest BCUT2D eigenvalue weighted by Crippen LogP contribution is 2.28. The number of hydrogen-bond donors (Lipinski definition) is 3. The smallest absolute Gasteiger partial charge is 0.336 e. The van der Waals surface area contributed by atoms with Gasteiger partial charge in [-0.2, -0.15) is 0 Å². The zero-order chi connectivity index (χ0) is 26.8. The third kappa shape index (κ3) is 6.55. The highest BCUT2D eigenvalue weighted by Gasteiger charge is 2.24. The Bertz CT molecular complexity index is 1410. The number of carboxylic acids is 1. The third-order valence-electron chi connectivity index (χ3n) is 5.91. The number of nitrogens with one attached hydrogen (secondary N) is 2. The van der Waals surface area contributed by atoms with Crippen LogP contribution in [0.4, 0.5) is 11.5 Å². The molecule has 11 heteroatoms. The van der Waals surface area contributed by atoms with Gasteiger partial charge in [0.1, 0.15) is 5.82 Å². The molecular formula is C26H31N5O5S. The van der Waals surface area contributed by atoms with E-state index >= 15 is 0 Å². The average Bonchev–Trinajstić information content (AvgIpc) is 2.83. The Balaban J connectivity index is 1.52. The van der Waals surface area contributed by atoms with Gasteiger partial charge in [-0.1, -0.05) is 18.2 Å². The summed E-state index contributed by atoms with van der Waals surface area (Å²) in [5.74, 6) is -0.632. The number of aromatic nitrogens is 1. The van der Waals surface area contributed by atoms with Crippen LogP contribution in [0.3, 0.4) is 0 Å². The summed E-state index contributed by atoms with van der Waals surface area (Å²) in [6.45, 7) is 8.59. The third-order valence-corrected chi connectivity index (χ3v) is 7.31. The van der Waals surface area contributed by atoms with E-state index in [1.54, 1.807) is 30.3 Å². The van der Waals surface area contributed by atoms with Gasteiger partial charge in [0.15, 0.2) is 0 Å². The number of carboxylic acid groups (broad SMARTS) is 1. The van der Waals surface area contributed by atoms with Gasteiger partial charge in [0.05, 0.1) is 22.5 Å². The molecular weight excluding hydrogens is 494 g/mol. The number of hydrogen-bond acceptors (Lipinski definition) is 7. The van der Waals surface area contributed by atoms with Gasteiger partial charge in [0.25, 0.3) is 10.0 Å². The van der Waals surface area contributed by atoms with Crippen molar-refractivity contribution < 1.29 is 23.1 Å². The Kier molecular flexibility index (Phi) is 7.37. The first-order chi connectivity index (χ1) is 17.4. The van der Waals surface area contributed by atoms with Crippen molar-refractivity contribution in [1.29, 1.82) is 0 Å². The fourth-order valence-electron chi connectivity index (χ4n) is 4.22. The SMILES string of the molecule is CC(C)(C)NC(=O)CN1CCN(c2cc(C(=O)O)c3cc(NS(=O)(=O)c4ccccc4)ccc3n2)CC1. The van der Waals surface area contributed by atoms with Gasteiger partial charge in [-0.05, 0) is 57.2 Å². The number of nitrogens with zero attached hydrogens (tertiary/aromatic N) is 3. The first kappa shape index (κ1) is 26.4. The summed E-state index contributed by atoms with van der Waals surface area (Å²) in [5, 5.41) is 13.2. The molecule has 0 unspecified atom stereocenters. The van der Waals surface area contributed by atoms with Crippen LogP contribution in [-0.4, -0.2) is 73.5 Å². The standard InChI is InChI=1S/C26H31N5O5S/c1-26(2,3)28-24(32)17-30-11-13-31(14-12-30)23-16-21(25(33)34)20-15-18(9-10-22(20)27-23)29-37(35,36)19-7-5-4-6-8-19/h4-10,15-16,29H,11-14,17H2,1-3H3,(H,28,32)(H,33,34). The molecule has 37 heavy (non-hydrogen) atoms. The molecule has 10 nitrogen and oxygen atoms in total. The number of anilines is 2. The molecule has 4 rings (SSSR count). The van der Waals surface area contributed by atoms with Gasteiger partial charge < -0.3 is 15.3 Å². The largest absolute Gasteiger partial charge is 0.478 e. The van der Waals surface area contributed by atoms with Gasteiger partial charge in [0, 0.05) is 42.8 Å². The van der Waals surface area contributed by atoms with Crippen LogP contribution in [0, 0.1) is 0 Å². The summed E-state index contributed by atoms with van der Waals surface area (Å²) in [6.07, 6.45) is 0. The van der Waals surface area contributed by atoms with Gasteiger partial charge >= 0.3 is 5.97 Å². The van der Waals surface area contributed by atoms with Crippen molar-refractivity contribution in [3.05, 3.63) is 60.2 Å². The van der Waals surface area contributed by atoms with Crippen LogP contribution in [0.5, 0.6) is 0 Å². The number of carbonyl (C=O) groups excluding carboxylic acids is 1. The summed E-state index contributed by atoms with van der Waals surface area (Å²) < 4.78 is 27.9. The first-order valence-corrected chi connectivity index (χ1v) is 13.4. The van der Waals surface area contributed by atoms with E-state index in [0.29, 0.717) is 49.4 Å². The van der Waals surface area contributed by atoms with E-state index in [9.17, 15) is 23.1 Å². The zero-order valence-corrected chi connectivity index (χ0v) is 21.9. The molecule has 3 aromatic rings. The lowest BCUT2D eigenvalue weighted by molar-refractivity contribution is -0.123. The van der Waals surface area contributed by atoms with Crippen LogP contribution < -0.4 is 14.9 Å². The Morgan fingerprint density at radius 2 is 1.68 bits per heavy atom. The monoisotopic (exact) mass is 525 g/mol. The summed E-state index contributed by atoms with van der Waals surface area (Å²) in [4.78, 5) is 33.2. The van der Waals surface area contributed by atoms with Crippen molar-refractivity contribution in [3.8, 4) is 0 Å². The van der Waals surface area contributed by atoms with Crippen molar-refractivity contribution >= 4 is 44.3 Å². The zero-order valence-electron chi connectivity index (χ0n) is 21.1. The lowest BCUT2D eigenvalue weighted by atomic mass is 10.1. The van der Waals surface area contributed by atoms with E-state index in [1.165, 1.54) is 24.3 Å². The predicted octanol–water partition coefficient (Wildman–Crippen LogP) is 2.77. The maximum absolute atomic E-state index is 12.7. The van der Waals surface area contributed by atoms with Crippen molar-refractivity contribution in [1.82, 2.24) is 15.2 Å². The summed E-state index contributed by atoms with van der Waals surface area (Å²) in [5.41, 5.74) is 0.440. The number of aromatic carboxylic acids is 1. The molecule has 0 radical (unpaired) electrons. The Morgan fingerprint density at radius 3 is 2.30 bits per heavy atom. The molecule has 0 spiro atoms. The maximum Gasteiger partial charge on any atom is 0.336 e. The number of carbonyl (C=O) groups is 2. The molecule has 1 saturated heterocycles. The van der Waals surface area contributed by atoms with Gasteiger partial charge in [-0.15, -0.1) is 0 Å². The number of piperazine rings is 1. The lowest BCUT2D eigenvalue weighted by Crippen LogP contribution is -2.52. The van der Waals surface area contributed by atoms with Crippen molar-refractivity contribution in [3.63, 3.8) is 0 Å². The van der Waals surface area contributed by atoms with Crippen molar-refractivity contribution in [2.45, 2.75) is 31.2 Å². The fourth-order valence-corrected chi connectivity index (χ4v) is 5.29. The van der Waals surface area contributed by atoms with E-state index in [2.05, 4.69) is 19.9 Å². The Morgan fingerprint density at radius 1 is 1.00 bits per heavy atom. The van der Waals surface area contributed by atoms with Crippen LogP contribution in [0.2, 0.25) is 0 Å². The molecule has 1 aromatic heterocycles. The second-order valence-corrected chi connectivity index (χ2v) is 11.7. The second-order valence-electron chi connectivity index (χ2n) is 10.0. The minimum absolute atomic E-state index is 0.0309. The molecule has 1 aliphatic heterocycles. The van der Waals surface area contributed by atoms with Crippen LogP contribution >= 0.6 is 0 Å². The van der Waals surface area contributed by atoms with Crippen LogP contribution in [-0.2, 0) is 14.8 Å². The first-order valence-electron chi connectivity index (χ1n) is 12.0. The second kappa shape index (κ2) is 10.3. The van der Waals surface area contributed by atoms with Gasteiger partial charge in [-0.3, -0.25) is 14.4 Å². The minimum Gasteiger partial charge on any atom is -0.478 e. The number of amides is 1. The fraction of sp³-hybridized carbons (Fsp3) is 0.346. The number of rotatable bonds is 7. The summed E-state index contributed by atoms with van der Waals surface area (Å²) in [7, 11) is -3.82. The molecule has 2 heterocycles. The Hall–Kier alpha value is -3.70. The molecule has 3 N–H and O–H groups in total. The van der Waals surface area contributed by atoms with Crippen LogP contribution in [0.15, 0.2) is 59.5 Å². The maximum atomic E-state index is 12.7. The average molecular weight is 526 g/mol. The lowest BCUT2D eigenvalue weighted by Gasteiger charge is -2.35. The Labute approximate surface area is 216 Å². The normalized spacial score (nSPS) is 14.9. The van der Waals surface area contributed by atoms with E-state index < -0.39 is 16.0 Å². The molecule has 0 saturated carbocycles. The number of benzene rings is 2. The highest BCUT2D eigenvalue weighted by atomic mass is 32.2. The summed E-state index contributed by atoms with van der Waals surface area (Å²) >= 11 is 0. The molecule has 1 aliphatic rings. The highest BCUT2D eigenvalue weighted by molar-refractivity contribution is 7.92. The van der Waals surface area contributed by atoms with Crippen molar-refractivity contribution in [2.24, 2.45) is 0 Å².